The molecule has 4 nitrogen and oxygen atoms in total. The van der Waals surface area contributed by atoms with Crippen molar-refractivity contribution < 1.29 is 19.1 Å². The Bertz CT molecular complexity index is 851. The summed E-state index contributed by atoms with van der Waals surface area (Å²) in [4.78, 5) is 24.8. The van der Waals surface area contributed by atoms with Gasteiger partial charge in [-0.3, -0.25) is 4.79 Å². The predicted molar refractivity (Wildman–Crippen MR) is 105 cm³/mol. The number of fused-ring (bicyclic) bond motifs is 2. The molecule has 0 aromatic heterocycles. The second-order valence-electron chi connectivity index (χ2n) is 8.16. The fraction of sp³-hybridized carbons (Fsp3) is 0.391. The van der Waals surface area contributed by atoms with Crippen molar-refractivity contribution in [1.82, 2.24) is 0 Å². The summed E-state index contributed by atoms with van der Waals surface area (Å²) in [5, 5.41) is 0. The van der Waals surface area contributed by atoms with Gasteiger partial charge in [0.1, 0.15) is 5.60 Å². The first kappa shape index (κ1) is 19.2. The minimum absolute atomic E-state index is 0.194. The van der Waals surface area contributed by atoms with Crippen molar-refractivity contribution in [2.24, 2.45) is 5.92 Å². The van der Waals surface area contributed by atoms with Crippen LogP contribution >= 0.6 is 0 Å². The normalized spacial score (nSPS) is 21.2. The van der Waals surface area contributed by atoms with E-state index < -0.39 is 17.7 Å². The Hall–Kier alpha value is -2.62. The summed E-state index contributed by atoms with van der Waals surface area (Å²) in [6, 6.07) is 7.88. The molecule has 0 saturated carbocycles. The Balaban J connectivity index is 1.94. The van der Waals surface area contributed by atoms with Crippen molar-refractivity contribution in [3.63, 3.8) is 0 Å². The van der Waals surface area contributed by atoms with Crippen molar-refractivity contribution >= 4 is 17.5 Å². The molecule has 142 valence electrons. The smallest absolute Gasteiger partial charge is 0.334 e. The van der Waals surface area contributed by atoms with Crippen molar-refractivity contribution in [3.8, 4) is 0 Å². The second-order valence-corrected chi connectivity index (χ2v) is 8.16. The third-order valence-corrected chi connectivity index (χ3v) is 4.68. The van der Waals surface area contributed by atoms with Gasteiger partial charge in [-0.15, -0.1) is 0 Å². The monoisotopic (exact) mass is 366 g/mol. The largest absolute Gasteiger partial charge is 0.460 e. The lowest BCUT2D eigenvalue weighted by Gasteiger charge is -2.23. The number of carbonyl (C=O) groups is 2. The van der Waals surface area contributed by atoms with E-state index in [1.807, 2.05) is 57.2 Å². The highest BCUT2D eigenvalue weighted by Crippen LogP contribution is 2.47. The van der Waals surface area contributed by atoms with Crippen LogP contribution in [0.25, 0.3) is 5.57 Å². The van der Waals surface area contributed by atoms with Gasteiger partial charge in [-0.1, -0.05) is 43.0 Å². The maximum Gasteiger partial charge on any atom is 0.334 e. The molecule has 0 amide bonds. The summed E-state index contributed by atoms with van der Waals surface area (Å²) >= 11 is 0. The minimum Gasteiger partial charge on any atom is -0.460 e. The lowest BCUT2D eigenvalue weighted by atomic mass is 9.93. The number of rotatable bonds is 3. The topological polar surface area (TPSA) is 52.6 Å². The van der Waals surface area contributed by atoms with Gasteiger partial charge < -0.3 is 9.47 Å². The summed E-state index contributed by atoms with van der Waals surface area (Å²) in [7, 11) is 0. The van der Waals surface area contributed by atoms with Crippen LogP contribution in [0.1, 0.15) is 57.8 Å². The highest BCUT2D eigenvalue weighted by Gasteiger charge is 2.36. The molecule has 3 rings (SSSR count). The summed E-state index contributed by atoms with van der Waals surface area (Å²) in [5.41, 5.74) is 3.83. The number of hydrogen-bond acceptors (Lipinski definition) is 4. The Morgan fingerprint density at radius 3 is 2.56 bits per heavy atom. The maximum atomic E-state index is 12.6. The molecule has 2 atom stereocenters. The Kier molecular flexibility index (Phi) is 5.09. The van der Waals surface area contributed by atoms with E-state index in [4.69, 9.17) is 9.47 Å². The van der Waals surface area contributed by atoms with Crippen LogP contribution in [0.5, 0.6) is 0 Å². The molecule has 0 saturated heterocycles. The Labute approximate surface area is 160 Å². The zero-order chi connectivity index (χ0) is 19.8. The van der Waals surface area contributed by atoms with Gasteiger partial charge in [0.15, 0.2) is 6.10 Å². The molecule has 0 N–H and O–H groups in total. The molecule has 27 heavy (non-hydrogen) atoms. The lowest BCUT2D eigenvalue weighted by Crippen LogP contribution is -2.28. The molecule has 0 bridgehead atoms. The van der Waals surface area contributed by atoms with E-state index in [0.29, 0.717) is 18.4 Å². The summed E-state index contributed by atoms with van der Waals surface area (Å²) < 4.78 is 11.3. The highest BCUT2D eigenvalue weighted by atomic mass is 16.6. The van der Waals surface area contributed by atoms with Gasteiger partial charge in [0.25, 0.3) is 0 Å². The SMILES string of the molecule is C=C(C)C(=O)OC1C2=C(C[C@@H](C(=O)OC(C)(C)C)CC=C2)c2ccccc21. The van der Waals surface area contributed by atoms with Gasteiger partial charge in [-0.2, -0.15) is 0 Å². The van der Waals surface area contributed by atoms with Crippen LogP contribution < -0.4 is 0 Å². The van der Waals surface area contributed by atoms with Crippen LogP contribution in [0.4, 0.5) is 0 Å². The summed E-state index contributed by atoms with van der Waals surface area (Å²) in [6.07, 6.45) is 4.66. The number of esters is 2. The van der Waals surface area contributed by atoms with E-state index in [-0.39, 0.29) is 11.9 Å². The van der Waals surface area contributed by atoms with Crippen molar-refractivity contribution in [2.75, 3.05) is 0 Å². The molecule has 1 unspecified atom stereocenters. The average Bonchev–Trinajstić information content (AvgIpc) is 2.73. The third-order valence-electron chi connectivity index (χ3n) is 4.68. The number of carbonyl (C=O) groups excluding carboxylic acids is 2. The van der Waals surface area contributed by atoms with Gasteiger partial charge >= 0.3 is 11.9 Å². The fourth-order valence-electron chi connectivity index (χ4n) is 3.49. The van der Waals surface area contributed by atoms with Crippen LogP contribution in [0.15, 0.2) is 54.1 Å². The second kappa shape index (κ2) is 7.18. The van der Waals surface area contributed by atoms with Crippen LogP contribution in [0.2, 0.25) is 0 Å². The van der Waals surface area contributed by atoms with E-state index in [1.165, 1.54) is 0 Å². The first-order valence-corrected chi connectivity index (χ1v) is 9.25. The Morgan fingerprint density at radius 2 is 1.89 bits per heavy atom. The summed E-state index contributed by atoms with van der Waals surface area (Å²) in [5.74, 6) is -0.859. The molecular formula is C23H26O4. The first-order valence-electron chi connectivity index (χ1n) is 9.25. The standard InChI is InChI=1S/C23H26O4/c1-14(2)21(24)26-20-17-11-7-6-10-16(17)19-13-15(9-8-12-18(19)20)22(25)27-23(3,4)5/h6-8,10-12,15,20H,1,9,13H2,2-5H3/t15-,20?/m0/s1. The number of benzene rings is 1. The molecule has 2 aliphatic carbocycles. The van der Waals surface area contributed by atoms with Crippen molar-refractivity contribution in [3.05, 3.63) is 65.3 Å². The van der Waals surface area contributed by atoms with Gasteiger partial charge in [0, 0.05) is 16.7 Å². The molecule has 1 aromatic rings. The molecule has 1 aromatic carbocycles. The molecular weight excluding hydrogens is 340 g/mol. The Morgan fingerprint density at radius 1 is 1.19 bits per heavy atom. The molecule has 4 heteroatoms. The zero-order valence-corrected chi connectivity index (χ0v) is 16.4. The molecule has 2 aliphatic rings. The van der Waals surface area contributed by atoms with Crippen LogP contribution in [0, 0.1) is 5.92 Å². The van der Waals surface area contributed by atoms with E-state index in [1.54, 1.807) is 6.92 Å². The molecule has 0 aliphatic heterocycles. The molecule has 0 fully saturated rings. The van der Waals surface area contributed by atoms with Crippen molar-refractivity contribution in [1.29, 1.82) is 0 Å². The van der Waals surface area contributed by atoms with Crippen LogP contribution in [-0.2, 0) is 19.1 Å². The number of hydrogen-bond donors (Lipinski definition) is 0. The van der Waals surface area contributed by atoms with Gasteiger partial charge in [0.2, 0.25) is 0 Å². The predicted octanol–water partition coefficient (Wildman–Crippen LogP) is 4.92. The minimum atomic E-state index is -0.516. The van der Waals surface area contributed by atoms with Gasteiger partial charge in [-0.25, -0.2) is 4.79 Å². The lowest BCUT2D eigenvalue weighted by molar-refractivity contribution is -0.159. The summed E-state index contributed by atoms with van der Waals surface area (Å²) in [6.45, 7) is 10.9. The van der Waals surface area contributed by atoms with Crippen LogP contribution in [-0.4, -0.2) is 17.5 Å². The van der Waals surface area contributed by atoms with Gasteiger partial charge in [0.05, 0.1) is 5.92 Å². The van der Waals surface area contributed by atoms with E-state index in [2.05, 4.69) is 6.58 Å². The third kappa shape index (κ3) is 4.05. The maximum absolute atomic E-state index is 12.6. The zero-order valence-electron chi connectivity index (χ0n) is 16.4. The molecule has 0 heterocycles. The number of ether oxygens (including phenoxy) is 2. The van der Waals surface area contributed by atoms with Crippen LogP contribution in [0.3, 0.4) is 0 Å². The highest BCUT2D eigenvalue weighted by molar-refractivity contribution is 5.89. The van der Waals surface area contributed by atoms with E-state index in [9.17, 15) is 9.59 Å². The molecule has 0 radical (unpaired) electrons. The van der Waals surface area contributed by atoms with E-state index >= 15 is 0 Å². The van der Waals surface area contributed by atoms with Crippen molar-refractivity contribution in [2.45, 2.75) is 52.2 Å². The quantitative estimate of drug-likeness (QED) is 0.563. The fourth-order valence-corrected chi connectivity index (χ4v) is 3.49. The number of allylic oxidation sites excluding steroid dienone is 2. The van der Waals surface area contributed by atoms with E-state index in [0.717, 1.165) is 22.3 Å². The molecule has 0 spiro atoms. The average molecular weight is 366 g/mol. The van der Waals surface area contributed by atoms with Gasteiger partial charge in [-0.05, 0) is 51.7 Å². The first-order chi connectivity index (χ1) is 12.7.